The second-order valence-corrected chi connectivity index (χ2v) is 7.27. The van der Waals surface area contributed by atoms with Gasteiger partial charge in [0.1, 0.15) is 17.2 Å². The van der Waals surface area contributed by atoms with Crippen molar-refractivity contribution < 1.29 is 14.6 Å². The predicted octanol–water partition coefficient (Wildman–Crippen LogP) is 3.40. The van der Waals surface area contributed by atoms with Crippen molar-refractivity contribution in [1.82, 2.24) is 10.2 Å². The van der Waals surface area contributed by atoms with Crippen LogP contribution in [-0.4, -0.2) is 41.6 Å². The molecule has 1 unspecified atom stereocenters. The average Bonchev–Trinajstić information content (AvgIpc) is 2.96. The Kier molecular flexibility index (Phi) is 4.80. The summed E-state index contributed by atoms with van der Waals surface area (Å²) < 4.78 is 5.72. The maximum Gasteiger partial charge on any atom is 0.251 e. The molecule has 1 atom stereocenters. The molecule has 3 aliphatic rings. The molecule has 2 bridgehead atoms. The van der Waals surface area contributed by atoms with Crippen molar-refractivity contribution >= 4 is 5.91 Å². The molecule has 0 spiro atoms. The average molecular weight is 352 g/mol. The summed E-state index contributed by atoms with van der Waals surface area (Å²) in [4.78, 5) is 15.0. The van der Waals surface area contributed by atoms with Gasteiger partial charge in [-0.15, -0.1) is 0 Å². The minimum absolute atomic E-state index is 0.0197. The minimum atomic E-state index is -0.0197. The van der Waals surface area contributed by atoms with Gasteiger partial charge < -0.3 is 20.1 Å². The first-order chi connectivity index (χ1) is 12.7. The minimum Gasteiger partial charge on any atom is -0.508 e. The highest BCUT2D eigenvalue weighted by atomic mass is 16.5. The molecule has 5 rings (SSSR count). The van der Waals surface area contributed by atoms with Crippen molar-refractivity contribution in [2.24, 2.45) is 5.92 Å². The molecular weight excluding hydrogens is 328 g/mol. The molecule has 2 aromatic rings. The smallest absolute Gasteiger partial charge is 0.251 e. The Balaban J connectivity index is 1.37. The van der Waals surface area contributed by atoms with Gasteiger partial charge in [-0.1, -0.05) is 0 Å². The maximum absolute atomic E-state index is 12.6. The van der Waals surface area contributed by atoms with E-state index in [4.69, 9.17) is 4.74 Å². The molecule has 0 radical (unpaired) electrons. The summed E-state index contributed by atoms with van der Waals surface area (Å²) in [5, 5.41) is 12.5. The van der Waals surface area contributed by atoms with Crippen LogP contribution in [0.2, 0.25) is 0 Å². The Labute approximate surface area is 153 Å². The molecule has 26 heavy (non-hydrogen) atoms. The van der Waals surface area contributed by atoms with Crippen LogP contribution >= 0.6 is 0 Å². The van der Waals surface area contributed by atoms with Gasteiger partial charge in [0.05, 0.1) is 0 Å². The molecule has 3 fully saturated rings. The topological polar surface area (TPSA) is 61.8 Å². The number of phenols is 1. The fourth-order valence-corrected chi connectivity index (χ4v) is 3.89. The Morgan fingerprint density at radius 3 is 2.27 bits per heavy atom. The van der Waals surface area contributed by atoms with Crippen molar-refractivity contribution in [3.8, 4) is 17.2 Å². The second kappa shape index (κ2) is 7.38. The number of piperidine rings is 1. The number of carbonyl (C=O) groups excluding carboxylic acids is 1. The molecule has 0 saturated carbocycles. The van der Waals surface area contributed by atoms with Crippen LogP contribution in [-0.2, 0) is 0 Å². The Hall–Kier alpha value is -2.53. The summed E-state index contributed by atoms with van der Waals surface area (Å²) in [7, 11) is 0. The first kappa shape index (κ1) is 16.9. The van der Waals surface area contributed by atoms with Crippen molar-refractivity contribution in [2.75, 3.05) is 19.6 Å². The summed E-state index contributed by atoms with van der Waals surface area (Å²) in [5.74, 6) is 2.23. The number of nitrogens with zero attached hydrogens (tertiary/aromatic N) is 1. The van der Waals surface area contributed by atoms with Gasteiger partial charge in [0.15, 0.2) is 0 Å². The lowest BCUT2D eigenvalue weighted by molar-refractivity contribution is 0.0929. The van der Waals surface area contributed by atoms with Crippen LogP contribution in [0.5, 0.6) is 17.2 Å². The summed E-state index contributed by atoms with van der Waals surface area (Å²) in [6, 6.07) is 14.0. The third-order valence-electron chi connectivity index (χ3n) is 5.33. The van der Waals surface area contributed by atoms with E-state index in [2.05, 4.69) is 10.2 Å². The molecule has 2 N–H and O–H groups in total. The quantitative estimate of drug-likeness (QED) is 0.885. The van der Waals surface area contributed by atoms with E-state index >= 15 is 0 Å². The van der Waals surface area contributed by atoms with Gasteiger partial charge >= 0.3 is 0 Å². The molecule has 3 aliphatic heterocycles. The molecule has 3 saturated heterocycles. The lowest BCUT2D eigenvalue weighted by Crippen LogP contribution is -2.41. The number of carbonyl (C=O) groups is 1. The SMILES string of the molecule is O=C(NC1CC2CCN(CC2)C1)c1ccc(Oc2ccc(O)cc2)cc1. The van der Waals surface area contributed by atoms with E-state index in [1.54, 1.807) is 48.5 Å². The van der Waals surface area contributed by atoms with E-state index in [1.807, 2.05) is 0 Å². The first-order valence-electron chi connectivity index (χ1n) is 9.26. The van der Waals surface area contributed by atoms with Gasteiger partial charge in [-0.25, -0.2) is 0 Å². The highest BCUT2D eigenvalue weighted by Gasteiger charge is 2.29. The molecule has 5 heteroatoms. The number of amides is 1. The number of ether oxygens (including phenoxy) is 1. The van der Waals surface area contributed by atoms with Gasteiger partial charge in [0.25, 0.3) is 5.91 Å². The molecule has 1 amide bonds. The van der Waals surface area contributed by atoms with Crippen molar-refractivity contribution in [3.05, 3.63) is 54.1 Å². The molecule has 5 nitrogen and oxygen atoms in total. The van der Waals surface area contributed by atoms with Crippen LogP contribution in [0.3, 0.4) is 0 Å². The number of fused-ring (bicyclic) bond motifs is 4. The van der Waals surface area contributed by atoms with E-state index in [0.717, 1.165) is 18.9 Å². The van der Waals surface area contributed by atoms with Crippen molar-refractivity contribution in [3.63, 3.8) is 0 Å². The molecule has 0 aromatic heterocycles. The standard InChI is InChI=1S/C21H24N2O3/c24-18-3-7-20(8-4-18)26-19-5-1-16(2-6-19)21(25)22-17-13-15-9-11-23(14-17)12-10-15/h1-8,15,17,24H,9-14H2,(H,22,25). The van der Waals surface area contributed by atoms with Crippen LogP contribution in [0.15, 0.2) is 48.5 Å². The van der Waals surface area contributed by atoms with Crippen LogP contribution in [0.1, 0.15) is 29.6 Å². The van der Waals surface area contributed by atoms with Gasteiger partial charge in [0, 0.05) is 18.2 Å². The zero-order valence-corrected chi connectivity index (χ0v) is 14.7. The Morgan fingerprint density at radius 2 is 1.62 bits per heavy atom. The number of aromatic hydroxyl groups is 1. The fourth-order valence-electron chi connectivity index (χ4n) is 3.89. The van der Waals surface area contributed by atoms with Crippen molar-refractivity contribution in [2.45, 2.75) is 25.3 Å². The van der Waals surface area contributed by atoms with E-state index in [-0.39, 0.29) is 17.7 Å². The molecule has 3 heterocycles. The van der Waals surface area contributed by atoms with Crippen LogP contribution in [0.25, 0.3) is 0 Å². The highest BCUT2D eigenvalue weighted by molar-refractivity contribution is 5.94. The molecule has 136 valence electrons. The Morgan fingerprint density at radius 1 is 1.00 bits per heavy atom. The number of hydrogen-bond acceptors (Lipinski definition) is 4. The highest BCUT2D eigenvalue weighted by Crippen LogP contribution is 2.27. The third-order valence-corrected chi connectivity index (χ3v) is 5.33. The molecule has 2 aromatic carbocycles. The Bertz CT molecular complexity index is 736. The normalized spacial score (nSPS) is 24.7. The van der Waals surface area contributed by atoms with Gasteiger partial charge in [-0.2, -0.15) is 0 Å². The zero-order chi connectivity index (χ0) is 17.9. The lowest BCUT2D eigenvalue weighted by atomic mass is 9.94. The van der Waals surface area contributed by atoms with E-state index in [0.29, 0.717) is 17.1 Å². The van der Waals surface area contributed by atoms with Crippen LogP contribution in [0, 0.1) is 5.92 Å². The fraction of sp³-hybridized carbons (Fsp3) is 0.381. The predicted molar refractivity (Wildman–Crippen MR) is 99.7 cm³/mol. The van der Waals surface area contributed by atoms with E-state index < -0.39 is 0 Å². The molecular formula is C21H24N2O3. The summed E-state index contributed by atoms with van der Waals surface area (Å²) in [5.41, 5.74) is 0.648. The summed E-state index contributed by atoms with van der Waals surface area (Å²) in [6.45, 7) is 3.30. The van der Waals surface area contributed by atoms with Gasteiger partial charge in [-0.05, 0) is 86.8 Å². The third kappa shape index (κ3) is 3.99. The summed E-state index contributed by atoms with van der Waals surface area (Å²) >= 11 is 0. The zero-order valence-electron chi connectivity index (χ0n) is 14.7. The summed E-state index contributed by atoms with van der Waals surface area (Å²) in [6.07, 6.45) is 3.61. The maximum atomic E-state index is 12.6. The number of phenolic OH excluding ortho intramolecular Hbond substituents is 1. The van der Waals surface area contributed by atoms with Gasteiger partial charge in [-0.3, -0.25) is 4.79 Å². The van der Waals surface area contributed by atoms with Crippen molar-refractivity contribution in [1.29, 1.82) is 0 Å². The molecule has 0 aliphatic carbocycles. The number of benzene rings is 2. The first-order valence-corrected chi connectivity index (χ1v) is 9.26. The largest absolute Gasteiger partial charge is 0.508 e. The number of hydrogen-bond donors (Lipinski definition) is 2. The number of nitrogens with one attached hydrogen (secondary N) is 1. The monoisotopic (exact) mass is 352 g/mol. The number of rotatable bonds is 4. The van der Waals surface area contributed by atoms with Crippen LogP contribution in [0.4, 0.5) is 0 Å². The van der Waals surface area contributed by atoms with E-state index in [1.165, 1.54) is 25.9 Å². The van der Waals surface area contributed by atoms with Crippen LogP contribution < -0.4 is 10.1 Å². The van der Waals surface area contributed by atoms with E-state index in [9.17, 15) is 9.90 Å². The van der Waals surface area contributed by atoms with Gasteiger partial charge in [0.2, 0.25) is 0 Å². The lowest BCUT2D eigenvalue weighted by Gasteiger charge is -2.26. The second-order valence-electron chi connectivity index (χ2n) is 7.27.